The van der Waals surface area contributed by atoms with Gasteiger partial charge in [0.25, 0.3) is 0 Å². The Labute approximate surface area is 90.8 Å². The van der Waals surface area contributed by atoms with E-state index < -0.39 is 16.5 Å². The van der Waals surface area contributed by atoms with Gasteiger partial charge in [0, 0.05) is 0 Å². The summed E-state index contributed by atoms with van der Waals surface area (Å²) in [5.74, 6) is 0. The van der Waals surface area contributed by atoms with Crippen LogP contribution in [0.4, 0.5) is 0 Å². The van der Waals surface area contributed by atoms with E-state index in [0.717, 1.165) is 0 Å². The van der Waals surface area contributed by atoms with E-state index in [1.165, 1.54) is 0 Å². The zero-order valence-corrected chi connectivity index (χ0v) is 10.4. The van der Waals surface area contributed by atoms with E-state index in [9.17, 15) is 0 Å². The molecule has 0 saturated heterocycles. The third-order valence-corrected chi connectivity index (χ3v) is 2.31. The normalized spacial score (nSPS) is 11.2. The molecular formula is C7H21GaN2Si2. The van der Waals surface area contributed by atoms with Gasteiger partial charge in [0.15, 0.2) is 16.5 Å². The van der Waals surface area contributed by atoms with Gasteiger partial charge in [0.1, 0.15) is 0 Å². The van der Waals surface area contributed by atoms with Crippen LogP contribution in [0.3, 0.4) is 0 Å². The van der Waals surface area contributed by atoms with E-state index in [1.54, 1.807) is 0 Å². The first-order valence-corrected chi connectivity index (χ1v) is 10.8. The predicted octanol–water partition coefficient (Wildman–Crippen LogP) is 1.65. The first-order valence-electron chi connectivity index (χ1n) is 3.89. The van der Waals surface area contributed by atoms with Crippen molar-refractivity contribution in [3.63, 3.8) is 0 Å². The molecule has 0 fully saturated rings. The Bertz CT molecular complexity index is 167. The molecule has 0 heterocycles. The molecule has 5 heteroatoms. The van der Waals surface area contributed by atoms with Gasteiger partial charge in [-0.25, -0.2) is 0 Å². The van der Waals surface area contributed by atoms with Gasteiger partial charge >= 0.3 is 19.8 Å². The molecule has 0 unspecified atom stereocenters. The van der Waals surface area contributed by atoms with Crippen LogP contribution in [-0.4, -0.2) is 42.3 Å². The van der Waals surface area contributed by atoms with Crippen LogP contribution in [0.5, 0.6) is 0 Å². The molecule has 0 saturated carbocycles. The summed E-state index contributed by atoms with van der Waals surface area (Å²) in [6.45, 7) is 13.1. The van der Waals surface area contributed by atoms with E-state index in [0.29, 0.717) is 0 Å². The van der Waals surface area contributed by atoms with Crippen LogP contribution in [0.2, 0.25) is 39.3 Å². The average molecular weight is 259 g/mol. The molecule has 70 valence electrons. The quantitative estimate of drug-likeness (QED) is 0.532. The van der Waals surface area contributed by atoms with Crippen molar-refractivity contribution in [1.29, 1.82) is 0 Å². The van der Waals surface area contributed by atoms with Crippen molar-refractivity contribution in [3.8, 4) is 0 Å². The number of rotatable bonds is 2. The van der Waals surface area contributed by atoms with Gasteiger partial charge in [-0.05, 0) is 39.3 Å². The fraction of sp³-hybridized carbons (Fsp3) is 0.857. The molecule has 0 N–H and O–H groups in total. The summed E-state index contributed by atoms with van der Waals surface area (Å²) in [5.41, 5.74) is 0. The van der Waals surface area contributed by atoms with E-state index in [-0.39, 0.29) is 19.8 Å². The summed E-state index contributed by atoms with van der Waals surface area (Å²) in [5, 5.41) is 0. The fourth-order valence-electron chi connectivity index (χ4n) is 0.325. The van der Waals surface area contributed by atoms with Gasteiger partial charge in [0.05, 0.1) is 6.01 Å². The van der Waals surface area contributed by atoms with Crippen molar-refractivity contribution in [3.05, 3.63) is 0 Å². The fourth-order valence-corrected chi connectivity index (χ4v) is 1.12. The molecule has 12 heavy (non-hydrogen) atoms. The second-order valence-corrected chi connectivity index (χ2v) is 13.8. The molecule has 0 aromatic heterocycles. The Morgan fingerprint density at radius 3 is 1.17 bits per heavy atom. The van der Waals surface area contributed by atoms with E-state index in [2.05, 4.69) is 54.6 Å². The third-order valence-electron chi connectivity index (χ3n) is 0.771. The molecule has 0 atom stereocenters. The molecule has 0 spiro atoms. The maximum absolute atomic E-state index is 4.30. The molecule has 0 aliphatic heterocycles. The van der Waals surface area contributed by atoms with Gasteiger partial charge < -0.3 is 0 Å². The van der Waals surface area contributed by atoms with Crippen molar-refractivity contribution in [1.82, 2.24) is 0 Å². The molecular weight excluding hydrogens is 238 g/mol. The minimum atomic E-state index is -1.31. The van der Waals surface area contributed by atoms with Crippen LogP contribution in [0.25, 0.3) is 0 Å². The Morgan fingerprint density at radius 1 is 0.750 bits per heavy atom. The molecule has 0 amide bonds. The van der Waals surface area contributed by atoms with Gasteiger partial charge in [-0.2, -0.15) is 0 Å². The van der Waals surface area contributed by atoms with Crippen molar-refractivity contribution < 1.29 is 0 Å². The van der Waals surface area contributed by atoms with Gasteiger partial charge in [-0.15, -0.1) is 0 Å². The Morgan fingerprint density at radius 2 is 1.00 bits per heavy atom. The van der Waals surface area contributed by atoms with Crippen LogP contribution in [0.1, 0.15) is 0 Å². The molecule has 0 bridgehead atoms. The van der Waals surface area contributed by atoms with Crippen LogP contribution in [0, 0.1) is 0 Å². The number of nitrogens with zero attached hydrogens (tertiary/aromatic N) is 2. The number of hydrogen-bond acceptors (Lipinski definition) is 2. The Kier molecular flexibility index (Phi) is 6.52. The van der Waals surface area contributed by atoms with Crippen LogP contribution < -0.4 is 0 Å². The van der Waals surface area contributed by atoms with Crippen LogP contribution in [0.15, 0.2) is 9.32 Å². The zero-order chi connectivity index (χ0) is 9.12. The Balaban J connectivity index is 0. The van der Waals surface area contributed by atoms with Crippen molar-refractivity contribution >= 4 is 42.3 Å². The SMILES string of the molecule is C[Si](C)(C)N=C=N[Si](C)(C)C.[GaH3]. The Hall–Kier alpha value is 0.450. The second kappa shape index (κ2) is 5.24. The molecule has 0 aliphatic carbocycles. The monoisotopic (exact) mass is 258 g/mol. The van der Waals surface area contributed by atoms with Crippen molar-refractivity contribution in [2.24, 2.45) is 9.32 Å². The summed E-state index contributed by atoms with van der Waals surface area (Å²) in [6.07, 6.45) is 0. The first kappa shape index (κ1) is 14.9. The average Bonchev–Trinajstić information content (AvgIpc) is 1.55. The molecule has 0 aromatic rings. The molecule has 2 nitrogen and oxygen atoms in total. The van der Waals surface area contributed by atoms with Crippen LogP contribution >= 0.6 is 0 Å². The molecule has 0 radical (unpaired) electrons. The van der Waals surface area contributed by atoms with Gasteiger partial charge in [-0.1, -0.05) is 0 Å². The molecule has 0 rings (SSSR count). The maximum atomic E-state index is 4.30. The van der Waals surface area contributed by atoms with Gasteiger partial charge in [-0.3, -0.25) is 9.32 Å². The summed E-state index contributed by atoms with van der Waals surface area (Å²) < 4.78 is 8.60. The summed E-state index contributed by atoms with van der Waals surface area (Å²) in [7, 11) is -2.63. The van der Waals surface area contributed by atoms with Crippen molar-refractivity contribution in [2.75, 3.05) is 0 Å². The first-order chi connectivity index (χ1) is 4.71. The van der Waals surface area contributed by atoms with Crippen LogP contribution in [-0.2, 0) is 0 Å². The second-order valence-electron chi connectivity index (χ2n) is 4.67. The minimum absolute atomic E-state index is 0. The topological polar surface area (TPSA) is 24.7 Å². The summed E-state index contributed by atoms with van der Waals surface area (Å²) >= 11 is 0. The zero-order valence-electron chi connectivity index (χ0n) is 8.39. The third kappa shape index (κ3) is 13.1. The standard InChI is InChI=1S/C7H18N2Si2.Ga.3H/c1-10(2,3)8-7-9-11(4,5)6;;;;/h1-6H3;;;;. The predicted molar refractivity (Wildman–Crippen MR) is 66.5 cm³/mol. The van der Waals surface area contributed by atoms with E-state index >= 15 is 0 Å². The number of hydrogen-bond donors (Lipinski definition) is 0. The molecule has 0 aliphatic rings. The summed E-state index contributed by atoms with van der Waals surface area (Å²) in [6, 6.07) is 2.84. The summed E-state index contributed by atoms with van der Waals surface area (Å²) in [4.78, 5) is 0. The van der Waals surface area contributed by atoms with Crippen molar-refractivity contribution in [2.45, 2.75) is 39.3 Å². The molecule has 0 aromatic carbocycles. The van der Waals surface area contributed by atoms with E-state index in [4.69, 9.17) is 0 Å². The van der Waals surface area contributed by atoms with E-state index in [1.807, 2.05) is 0 Å². The van der Waals surface area contributed by atoms with Gasteiger partial charge in [0.2, 0.25) is 0 Å².